The highest BCUT2D eigenvalue weighted by molar-refractivity contribution is 6.31. The number of rotatable bonds is 5. The maximum atomic E-state index is 11.9. The number of aryl methyl sites for hydroxylation is 1. The summed E-state index contributed by atoms with van der Waals surface area (Å²) in [5.41, 5.74) is 1.85. The van der Waals surface area contributed by atoms with E-state index in [0.29, 0.717) is 36.3 Å². The lowest BCUT2D eigenvalue weighted by Gasteiger charge is -2.19. The van der Waals surface area contributed by atoms with Crippen LogP contribution in [-0.2, 0) is 11.3 Å². The Bertz CT molecular complexity index is 748. The molecule has 0 saturated carbocycles. The minimum Gasteiger partial charge on any atom is -0.486 e. The van der Waals surface area contributed by atoms with E-state index in [4.69, 9.17) is 25.8 Å². The van der Waals surface area contributed by atoms with Crippen molar-refractivity contribution in [3.63, 3.8) is 0 Å². The van der Waals surface area contributed by atoms with Crippen molar-refractivity contribution in [3.05, 3.63) is 52.5 Å². The van der Waals surface area contributed by atoms with Crippen LogP contribution in [0.5, 0.6) is 17.2 Å². The molecule has 2 aromatic rings. The first kappa shape index (κ1) is 16.5. The molecule has 0 aromatic heterocycles. The van der Waals surface area contributed by atoms with E-state index in [9.17, 15) is 4.79 Å². The fourth-order valence-electron chi connectivity index (χ4n) is 2.31. The van der Waals surface area contributed by atoms with E-state index in [1.807, 2.05) is 25.1 Å². The molecule has 1 amide bonds. The molecule has 0 unspecified atom stereocenters. The zero-order valence-electron chi connectivity index (χ0n) is 13.3. The number of carbonyl (C=O) groups is 1. The molecule has 126 valence electrons. The highest BCUT2D eigenvalue weighted by atomic mass is 35.5. The zero-order chi connectivity index (χ0) is 16.9. The summed E-state index contributed by atoms with van der Waals surface area (Å²) >= 11 is 5.96. The van der Waals surface area contributed by atoms with Crippen LogP contribution in [-0.4, -0.2) is 25.7 Å². The maximum absolute atomic E-state index is 11.9. The van der Waals surface area contributed by atoms with Gasteiger partial charge in [0, 0.05) is 11.6 Å². The summed E-state index contributed by atoms with van der Waals surface area (Å²) < 4.78 is 16.5. The number of nitrogens with one attached hydrogen (secondary N) is 1. The lowest BCUT2D eigenvalue weighted by molar-refractivity contribution is -0.123. The second-order valence-corrected chi connectivity index (χ2v) is 5.86. The van der Waals surface area contributed by atoms with Gasteiger partial charge in [0.1, 0.15) is 19.0 Å². The van der Waals surface area contributed by atoms with Crippen LogP contribution < -0.4 is 19.5 Å². The standard InChI is InChI=1S/C18H18ClNO4/c1-12-8-14(3-4-15(12)19)24-11-18(21)20-10-13-2-5-16-17(9-13)23-7-6-22-16/h2-5,8-9H,6-7,10-11H2,1H3,(H,20,21). The van der Waals surface area contributed by atoms with Crippen molar-refractivity contribution in [1.29, 1.82) is 0 Å². The summed E-state index contributed by atoms with van der Waals surface area (Å²) in [6.07, 6.45) is 0. The fraction of sp³-hybridized carbons (Fsp3) is 0.278. The van der Waals surface area contributed by atoms with Crippen molar-refractivity contribution in [3.8, 4) is 17.2 Å². The Labute approximate surface area is 145 Å². The van der Waals surface area contributed by atoms with Gasteiger partial charge in [-0.05, 0) is 48.4 Å². The number of hydrogen-bond donors (Lipinski definition) is 1. The van der Waals surface area contributed by atoms with Crippen LogP contribution >= 0.6 is 11.6 Å². The Kier molecular flexibility index (Phi) is 5.11. The van der Waals surface area contributed by atoms with Crippen molar-refractivity contribution in [1.82, 2.24) is 5.32 Å². The molecule has 1 heterocycles. The van der Waals surface area contributed by atoms with E-state index in [1.54, 1.807) is 18.2 Å². The Morgan fingerprint density at radius 2 is 1.96 bits per heavy atom. The predicted octanol–water partition coefficient (Wildman–Crippen LogP) is 3.11. The quantitative estimate of drug-likeness (QED) is 0.903. The number of carbonyl (C=O) groups excluding carboxylic acids is 1. The molecular weight excluding hydrogens is 330 g/mol. The third-order valence-electron chi connectivity index (χ3n) is 3.60. The van der Waals surface area contributed by atoms with Gasteiger partial charge in [0.15, 0.2) is 18.1 Å². The molecule has 0 aliphatic carbocycles. The topological polar surface area (TPSA) is 56.8 Å². The Morgan fingerprint density at radius 1 is 1.17 bits per heavy atom. The summed E-state index contributed by atoms with van der Waals surface area (Å²) in [6.45, 7) is 3.34. The van der Waals surface area contributed by atoms with Crippen LogP contribution in [0, 0.1) is 6.92 Å². The average Bonchev–Trinajstić information content (AvgIpc) is 2.60. The summed E-state index contributed by atoms with van der Waals surface area (Å²) in [5, 5.41) is 3.49. The largest absolute Gasteiger partial charge is 0.486 e. The molecule has 6 heteroatoms. The van der Waals surface area contributed by atoms with E-state index in [1.165, 1.54) is 0 Å². The first-order valence-electron chi connectivity index (χ1n) is 7.66. The van der Waals surface area contributed by atoms with Crippen molar-refractivity contribution in [2.24, 2.45) is 0 Å². The summed E-state index contributed by atoms with van der Waals surface area (Å²) in [7, 11) is 0. The molecule has 2 aromatic carbocycles. The minimum absolute atomic E-state index is 0.0500. The Hall–Kier alpha value is -2.40. The van der Waals surface area contributed by atoms with Crippen molar-refractivity contribution < 1.29 is 19.0 Å². The van der Waals surface area contributed by atoms with Crippen molar-refractivity contribution >= 4 is 17.5 Å². The number of benzene rings is 2. The smallest absolute Gasteiger partial charge is 0.258 e. The molecule has 1 aliphatic rings. The van der Waals surface area contributed by atoms with Crippen LogP contribution in [0.3, 0.4) is 0 Å². The number of ether oxygens (including phenoxy) is 3. The molecule has 24 heavy (non-hydrogen) atoms. The molecule has 3 rings (SSSR count). The van der Waals surface area contributed by atoms with E-state index < -0.39 is 0 Å². The lowest BCUT2D eigenvalue weighted by Crippen LogP contribution is -2.28. The van der Waals surface area contributed by atoms with E-state index in [-0.39, 0.29) is 12.5 Å². The van der Waals surface area contributed by atoms with Gasteiger partial charge < -0.3 is 19.5 Å². The number of amides is 1. The molecule has 5 nitrogen and oxygen atoms in total. The second-order valence-electron chi connectivity index (χ2n) is 5.45. The van der Waals surface area contributed by atoms with E-state index >= 15 is 0 Å². The third kappa shape index (κ3) is 4.11. The third-order valence-corrected chi connectivity index (χ3v) is 4.02. The van der Waals surface area contributed by atoms with Crippen LogP contribution in [0.4, 0.5) is 0 Å². The Balaban J connectivity index is 1.49. The monoisotopic (exact) mass is 347 g/mol. The average molecular weight is 348 g/mol. The molecule has 0 spiro atoms. The Morgan fingerprint density at radius 3 is 2.75 bits per heavy atom. The maximum Gasteiger partial charge on any atom is 0.258 e. The highest BCUT2D eigenvalue weighted by Gasteiger charge is 2.12. The van der Waals surface area contributed by atoms with Crippen LogP contribution in [0.25, 0.3) is 0 Å². The highest BCUT2D eigenvalue weighted by Crippen LogP contribution is 2.30. The summed E-state index contributed by atoms with van der Waals surface area (Å²) in [6, 6.07) is 10.9. The minimum atomic E-state index is -0.197. The van der Waals surface area contributed by atoms with Crippen LogP contribution in [0.15, 0.2) is 36.4 Å². The second kappa shape index (κ2) is 7.45. The first-order valence-corrected chi connectivity index (χ1v) is 8.04. The number of hydrogen-bond acceptors (Lipinski definition) is 4. The van der Waals surface area contributed by atoms with Crippen molar-refractivity contribution in [2.45, 2.75) is 13.5 Å². The zero-order valence-corrected chi connectivity index (χ0v) is 14.1. The molecule has 0 bridgehead atoms. The SMILES string of the molecule is Cc1cc(OCC(=O)NCc2ccc3c(c2)OCCO3)ccc1Cl. The van der Waals surface area contributed by atoms with Gasteiger partial charge in [0.05, 0.1) is 0 Å². The van der Waals surface area contributed by atoms with E-state index in [0.717, 1.165) is 16.9 Å². The summed E-state index contributed by atoms with van der Waals surface area (Å²) in [5.74, 6) is 1.86. The lowest BCUT2D eigenvalue weighted by atomic mass is 10.2. The van der Waals surface area contributed by atoms with Crippen molar-refractivity contribution in [2.75, 3.05) is 19.8 Å². The molecule has 0 saturated heterocycles. The van der Waals surface area contributed by atoms with Crippen LogP contribution in [0.1, 0.15) is 11.1 Å². The van der Waals surface area contributed by atoms with Gasteiger partial charge in [-0.1, -0.05) is 17.7 Å². The molecule has 0 radical (unpaired) electrons. The van der Waals surface area contributed by atoms with Gasteiger partial charge in [0.25, 0.3) is 5.91 Å². The van der Waals surface area contributed by atoms with Gasteiger partial charge in [0.2, 0.25) is 0 Å². The summed E-state index contributed by atoms with van der Waals surface area (Å²) in [4.78, 5) is 11.9. The first-order chi connectivity index (χ1) is 11.6. The normalized spacial score (nSPS) is 12.6. The van der Waals surface area contributed by atoms with Gasteiger partial charge in [-0.3, -0.25) is 4.79 Å². The molecule has 0 fully saturated rings. The number of fused-ring (bicyclic) bond motifs is 1. The van der Waals surface area contributed by atoms with Gasteiger partial charge in [-0.25, -0.2) is 0 Å². The molecular formula is C18H18ClNO4. The van der Waals surface area contributed by atoms with Gasteiger partial charge in [-0.2, -0.15) is 0 Å². The molecule has 0 atom stereocenters. The van der Waals surface area contributed by atoms with E-state index in [2.05, 4.69) is 5.32 Å². The fourth-order valence-corrected chi connectivity index (χ4v) is 2.42. The van der Waals surface area contributed by atoms with Crippen LogP contribution in [0.2, 0.25) is 5.02 Å². The van der Waals surface area contributed by atoms with Gasteiger partial charge in [-0.15, -0.1) is 0 Å². The molecule has 1 N–H and O–H groups in total. The van der Waals surface area contributed by atoms with Gasteiger partial charge >= 0.3 is 0 Å². The predicted molar refractivity (Wildman–Crippen MR) is 91.0 cm³/mol. The number of halogens is 1. The molecule has 1 aliphatic heterocycles.